The van der Waals surface area contributed by atoms with Gasteiger partial charge in [-0.25, -0.2) is 4.79 Å². The van der Waals surface area contributed by atoms with Gasteiger partial charge in [-0.2, -0.15) is 0 Å². The number of rotatable bonds is 2. The van der Waals surface area contributed by atoms with Crippen LogP contribution in [-0.4, -0.2) is 36.2 Å². The van der Waals surface area contributed by atoms with E-state index in [1.165, 1.54) is 10.1 Å². The molecule has 3 rings (SSSR count). The lowest BCUT2D eigenvalue weighted by molar-refractivity contribution is -0.235. The molecule has 2 fully saturated rings. The molecule has 0 bridgehead atoms. The summed E-state index contributed by atoms with van der Waals surface area (Å²) in [5, 5.41) is 3.09. The molecule has 6 heteroatoms. The topological polar surface area (TPSA) is 56.8 Å². The first-order valence-corrected chi connectivity index (χ1v) is 8.86. The van der Waals surface area contributed by atoms with Crippen LogP contribution in [0.4, 0.5) is 4.79 Å². The molecular formula is C17H24BrNO4. The Bertz CT molecular complexity index is 547. The van der Waals surface area contributed by atoms with Crippen LogP contribution in [-0.2, 0) is 14.2 Å². The molecule has 1 saturated heterocycles. The minimum absolute atomic E-state index is 0.389. The SMILES string of the molecule is CC(C)(C)OC(=O)NC1(C2=CC=C(Br)CC2)CC2(C1)OCCO2. The summed E-state index contributed by atoms with van der Waals surface area (Å²) in [6.45, 7) is 6.83. The minimum Gasteiger partial charge on any atom is -0.444 e. The molecule has 3 aliphatic rings. The van der Waals surface area contributed by atoms with Crippen molar-refractivity contribution in [3.05, 3.63) is 22.2 Å². The summed E-state index contributed by atoms with van der Waals surface area (Å²) in [4.78, 5) is 12.3. The van der Waals surface area contributed by atoms with Crippen molar-refractivity contribution in [2.45, 2.75) is 63.4 Å². The number of nitrogens with one attached hydrogen (secondary N) is 1. The smallest absolute Gasteiger partial charge is 0.408 e. The molecule has 1 amide bonds. The molecule has 1 spiro atoms. The predicted octanol–water partition coefficient (Wildman–Crippen LogP) is 3.79. The van der Waals surface area contributed by atoms with Crippen molar-refractivity contribution >= 4 is 22.0 Å². The van der Waals surface area contributed by atoms with Crippen LogP contribution < -0.4 is 5.32 Å². The Morgan fingerprint density at radius 2 is 1.87 bits per heavy atom. The Morgan fingerprint density at radius 3 is 2.39 bits per heavy atom. The number of ether oxygens (including phenoxy) is 3. The molecule has 0 atom stereocenters. The Kier molecular flexibility index (Phi) is 4.36. The lowest BCUT2D eigenvalue weighted by Crippen LogP contribution is -2.67. The zero-order valence-corrected chi connectivity index (χ0v) is 15.5. The highest BCUT2D eigenvalue weighted by Gasteiger charge is 2.61. The molecular weight excluding hydrogens is 362 g/mol. The summed E-state index contributed by atoms with van der Waals surface area (Å²) < 4.78 is 18.1. The molecule has 2 aliphatic carbocycles. The summed E-state index contributed by atoms with van der Waals surface area (Å²) in [5.41, 5.74) is 0.254. The molecule has 23 heavy (non-hydrogen) atoms. The maximum absolute atomic E-state index is 12.3. The van der Waals surface area contributed by atoms with Crippen LogP contribution >= 0.6 is 15.9 Å². The number of allylic oxidation sites excluding steroid dienone is 3. The highest BCUT2D eigenvalue weighted by molar-refractivity contribution is 9.11. The van der Waals surface area contributed by atoms with E-state index < -0.39 is 16.9 Å². The first-order valence-electron chi connectivity index (χ1n) is 8.07. The summed E-state index contributed by atoms with van der Waals surface area (Å²) >= 11 is 3.53. The van der Waals surface area contributed by atoms with E-state index >= 15 is 0 Å². The number of hydrogen-bond donors (Lipinski definition) is 1. The monoisotopic (exact) mass is 385 g/mol. The molecule has 0 unspecified atom stereocenters. The summed E-state index contributed by atoms with van der Waals surface area (Å²) in [6, 6.07) is 0. The number of halogens is 1. The van der Waals surface area contributed by atoms with Gasteiger partial charge >= 0.3 is 6.09 Å². The molecule has 0 aromatic carbocycles. The highest BCUT2D eigenvalue weighted by Crippen LogP contribution is 2.52. The van der Waals surface area contributed by atoms with Crippen molar-refractivity contribution in [2.24, 2.45) is 0 Å². The van der Waals surface area contributed by atoms with Gasteiger partial charge in [-0.15, -0.1) is 0 Å². The fourth-order valence-electron chi connectivity index (χ4n) is 3.47. The highest BCUT2D eigenvalue weighted by atomic mass is 79.9. The number of alkyl carbamates (subject to hydrolysis) is 1. The molecule has 1 heterocycles. The van der Waals surface area contributed by atoms with Gasteiger partial charge < -0.3 is 19.5 Å². The second-order valence-corrected chi connectivity index (χ2v) is 8.49. The maximum atomic E-state index is 12.3. The van der Waals surface area contributed by atoms with Crippen LogP contribution in [0.3, 0.4) is 0 Å². The fourth-order valence-corrected chi connectivity index (χ4v) is 3.80. The van der Waals surface area contributed by atoms with E-state index in [4.69, 9.17) is 14.2 Å². The van der Waals surface area contributed by atoms with Gasteiger partial charge in [0.25, 0.3) is 0 Å². The molecule has 0 aromatic heterocycles. The van der Waals surface area contributed by atoms with Crippen molar-refractivity contribution < 1.29 is 19.0 Å². The van der Waals surface area contributed by atoms with Crippen LogP contribution in [0.2, 0.25) is 0 Å². The van der Waals surface area contributed by atoms with Gasteiger partial charge in [-0.1, -0.05) is 28.1 Å². The van der Waals surface area contributed by atoms with Gasteiger partial charge in [0, 0.05) is 12.8 Å². The maximum Gasteiger partial charge on any atom is 0.408 e. The molecule has 1 aliphatic heterocycles. The summed E-state index contributed by atoms with van der Waals surface area (Å²) in [6.07, 6.45) is 6.87. The van der Waals surface area contributed by atoms with E-state index in [0.29, 0.717) is 26.1 Å². The average molecular weight is 386 g/mol. The van der Waals surface area contributed by atoms with Crippen molar-refractivity contribution in [1.82, 2.24) is 5.32 Å². The van der Waals surface area contributed by atoms with Crippen molar-refractivity contribution in [1.29, 1.82) is 0 Å². The van der Waals surface area contributed by atoms with E-state index in [2.05, 4.69) is 33.4 Å². The molecule has 0 radical (unpaired) electrons. The first-order chi connectivity index (χ1) is 10.7. The standard InChI is InChI=1S/C17H24BrNO4/c1-15(2,3)23-14(20)19-16(12-4-6-13(18)7-5-12)10-17(11-16)21-8-9-22-17/h4,6H,5,7-11H2,1-3H3,(H,19,20). The van der Waals surface area contributed by atoms with Gasteiger partial charge in [0.15, 0.2) is 5.79 Å². The Labute approximate surface area is 145 Å². The third-order valence-electron chi connectivity index (χ3n) is 4.41. The van der Waals surface area contributed by atoms with E-state index in [-0.39, 0.29) is 6.09 Å². The van der Waals surface area contributed by atoms with Gasteiger partial charge in [0.05, 0.1) is 18.8 Å². The number of amides is 1. The van der Waals surface area contributed by atoms with Gasteiger partial charge in [-0.05, 0) is 43.7 Å². The van der Waals surface area contributed by atoms with Crippen molar-refractivity contribution in [3.8, 4) is 0 Å². The largest absolute Gasteiger partial charge is 0.444 e. The minimum atomic E-state index is -0.533. The second kappa shape index (κ2) is 5.90. The number of carbonyl (C=O) groups excluding carboxylic acids is 1. The predicted molar refractivity (Wildman–Crippen MR) is 90.3 cm³/mol. The fraction of sp³-hybridized carbons (Fsp3) is 0.706. The van der Waals surface area contributed by atoms with E-state index in [0.717, 1.165) is 12.8 Å². The van der Waals surface area contributed by atoms with Crippen LogP contribution in [0.5, 0.6) is 0 Å². The van der Waals surface area contributed by atoms with E-state index in [9.17, 15) is 4.79 Å². The van der Waals surface area contributed by atoms with Crippen molar-refractivity contribution in [3.63, 3.8) is 0 Å². The zero-order chi connectivity index (χ0) is 16.7. The quantitative estimate of drug-likeness (QED) is 0.785. The van der Waals surface area contributed by atoms with Gasteiger partial charge in [0.2, 0.25) is 0 Å². The normalized spacial score (nSPS) is 25.4. The third-order valence-corrected chi connectivity index (χ3v) is 5.07. The first kappa shape index (κ1) is 17.0. The third kappa shape index (κ3) is 3.64. The molecule has 128 valence electrons. The van der Waals surface area contributed by atoms with Gasteiger partial charge in [-0.3, -0.25) is 0 Å². The molecule has 1 N–H and O–H groups in total. The number of carbonyl (C=O) groups is 1. The van der Waals surface area contributed by atoms with Crippen LogP contribution in [0.25, 0.3) is 0 Å². The summed E-state index contributed by atoms with van der Waals surface area (Å²) in [5.74, 6) is -0.533. The molecule has 0 aromatic rings. The zero-order valence-electron chi connectivity index (χ0n) is 13.9. The van der Waals surface area contributed by atoms with Crippen molar-refractivity contribution in [2.75, 3.05) is 13.2 Å². The molecule has 1 saturated carbocycles. The number of hydrogen-bond acceptors (Lipinski definition) is 4. The van der Waals surface area contributed by atoms with Crippen LogP contribution in [0, 0.1) is 0 Å². The van der Waals surface area contributed by atoms with Crippen LogP contribution in [0.1, 0.15) is 46.5 Å². The van der Waals surface area contributed by atoms with E-state index in [1.54, 1.807) is 0 Å². The van der Waals surface area contributed by atoms with E-state index in [1.807, 2.05) is 20.8 Å². The lowest BCUT2D eigenvalue weighted by Gasteiger charge is -2.54. The molecule has 5 nitrogen and oxygen atoms in total. The summed E-state index contributed by atoms with van der Waals surface area (Å²) in [7, 11) is 0. The Morgan fingerprint density at radius 1 is 1.22 bits per heavy atom. The second-order valence-electron chi connectivity index (χ2n) is 7.48. The Hall–Kier alpha value is -0.850. The van der Waals surface area contributed by atoms with Gasteiger partial charge in [0.1, 0.15) is 5.60 Å². The lowest BCUT2D eigenvalue weighted by atomic mass is 9.65. The van der Waals surface area contributed by atoms with Crippen LogP contribution in [0.15, 0.2) is 22.2 Å². The average Bonchev–Trinajstić information content (AvgIpc) is 2.85. The Balaban J connectivity index is 1.77.